The molecule has 4 heteroatoms. The third-order valence-corrected chi connectivity index (χ3v) is 2.22. The molecule has 0 bridgehead atoms. The van der Waals surface area contributed by atoms with Gasteiger partial charge in [0.25, 0.3) is 0 Å². The fourth-order valence-corrected chi connectivity index (χ4v) is 1.49. The standard InChI is InChI=1S/C8H8BrN3/c1-2-7-10-11-8-4-3-6(9)5-12(7)8/h3-5H,2H2,1H3. The first-order chi connectivity index (χ1) is 5.81. The van der Waals surface area contributed by atoms with E-state index in [2.05, 4.69) is 33.1 Å². The van der Waals surface area contributed by atoms with E-state index in [1.165, 1.54) is 0 Å². The molecule has 0 amide bonds. The number of pyridine rings is 1. The Kier molecular flexibility index (Phi) is 1.84. The highest BCUT2D eigenvalue weighted by molar-refractivity contribution is 9.10. The van der Waals surface area contributed by atoms with Crippen LogP contribution in [-0.2, 0) is 6.42 Å². The zero-order valence-electron chi connectivity index (χ0n) is 6.66. The third-order valence-electron chi connectivity index (χ3n) is 1.75. The molecule has 0 N–H and O–H groups in total. The second kappa shape index (κ2) is 2.86. The van der Waals surface area contributed by atoms with Crippen molar-refractivity contribution >= 4 is 21.6 Å². The number of aromatic nitrogens is 3. The van der Waals surface area contributed by atoms with Gasteiger partial charge in [-0.3, -0.25) is 4.40 Å². The van der Waals surface area contributed by atoms with Gasteiger partial charge in [0, 0.05) is 17.1 Å². The van der Waals surface area contributed by atoms with E-state index in [9.17, 15) is 0 Å². The monoisotopic (exact) mass is 225 g/mol. The lowest BCUT2D eigenvalue weighted by Gasteiger charge is -1.95. The molecule has 0 aliphatic carbocycles. The van der Waals surface area contributed by atoms with E-state index in [4.69, 9.17) is 0 Å². The second-order valence-corrected chi connectivity index (χ2v) is 3.46. The van der Waals surface area contributed by atoms with Crippen LogP contribution >= 0.6 is 15.9 Å². The van der Waals surface area contributed by atoms with Crippen LogP contribution in [0.1, 0.15) is 12.7 Å². The average molecular weight is 226 g/mol. The van der Waals surface area contributed by atoms with Gasteiger partial charge in [0.1, 0.15) is 5.82 Å². The Labute approximate surface area is 78.6 Å². The zero-order chi connectivity index (χ0) is 8.55. The highest BCUT2D eigenvalue weighted by Gasteiger charge is 2.01. The minimum absolute atomic E-state index is 0.898. The molecule has 2 rings (SSSR count). The summed E-state index contributed by atoms with van der Waals surface area (Å²) in [5, 5.41) is 8.07. The van der Waals surface area contributed by atoms with Gasteiger partial charge in [-0.15, -0.1) is 10.2 Å². The van der Waals surface area contributed by atoms with Crippen molar-refractivity contribution in [1.29, 1.82) is 0 Å². The summed E-state index contributed by atoms with van der Waals surface area (Å²) < 4.78 is 3.04. The van der Waals surface area contributed by atoms with E-state index in [-0.39, 0.29) is 0 Å². The van der Waals surface area contributed by atoms with Crippen LogP contribution in [0, 0.1) is 0 Å². The molecule has 0 radical (unpaired) electrons. The van der Waals surface area contributed by atoms with Gasteiger partial charge in [-0.1, -0.05) is 6.92 Å². The topological polar surface area (TPSA) is 30.2 Å². The molecule has 0 aromatic carbocycles. The Bertz CT molecular complexity index is 408. The SMILES string of the molecule is CCc1nnc2ccc(Br)cn12. The Morgan fingerprint density at radius 3 is 3.00 bits per heavy atom. The molecule has 0 aliphatic rings. The van der Waals surface area contributed by atoms with Crippen LogP contribution in [0.25, 0.3) is 5.65 Å². The number of aryl methyl sites for hydroxylation is 1. The van der Waals surface area contributed by atoms with Crippen molar-refractivity contribution in [3.05, 3.63) is 28.6 Å². The average Bonchev–Trinajstić information content (AvgIpc) is 2.46. The van der Waals surface area contributed by atoms with Crippen molar-refractivity contribution < 1.29 is 0 Å². The van der Waals surface area contributed by atoms with Crippen molar-refractivity contribution in [2.75, 3.05) is 0 Å². The summed E-state index contributed by atoms with van der Waals surface area (Å²) in [7, 11) is 0. The molecule has 2 heterocycles. The summed E-state index contributed by atoms with van der Waals surface area (Å²) in [5.74, 6) is 0.992. The van der Waals surface area contributed by atoms with E-state index in [1.54, 1.807) is 0 Å². The maximum Gasteiger partial charge on any atom is 0.160 e. The van der Waals surface area contributed by atoms with E-state index in [0.717, 1.165) is 22.4 Å². The molecule has 2 aromatic heterocycles. The molecule has 62 valence electrons. The molecule has 0 saturated heterocycles. The van der Waals surface area contributed by atoms with Crippen LogP contribution in [0.5, 0.6) is 0 Å². The van der Waals surface area contributed by atoms with E-state index in [0.29, 0.717) is 0 Å². The van der Waals surface area contributed by atoms with Crippen LogP contribution < -0.4 is 0 Å². The lowest BCUT2D eigenvalue weighted by atomic mass is 10.4. The van der Waals surface area contributed by atoms with Crippen LogP contribution in [0.3, 0.4) is 0 Å². The molecule has 0 unspecified atom stereocenters. The summed E-state index contributed by atoms with van der Waals surface area (Å²) in [5.41, 5.74) is 0.898. The fraction of sp³-hybridized carbons (Fsp3) is 0.250. The quantitative estimate of drug-likeness (QED) is 0.744. The summed E-state index contributed by atoms with van der Waals surface area (Å²) in [4.78, 5) is 0. The zero-order valence-corrected chi connectivity index (χ0v) is 8.24. The van der Waals surface area contributed by atoms with E-state index >= 15 is 0 Å². The van der Waals surface area contributed by atoms with E-state index < -0.39 is 0 Å². The Morgan fingerprint density at radius 2 is 2.25 bits per heavy atom. The van der Waals surface area contributed by atoms with Gasteiger partial charge in [-0.2, -0.15) is 0 Å². The third kappa shape index (κ3) is 1.12. The largest absolute Gasteiger partial charge is 0.285 e. The van der Waals surface area contributed by atoms with Gasteiger partial charge in [-0.05, 0) is 28.1 Å². The predicted octanol–water partition coefficient (Wildman–Crippen LogP) is 2.05. The van der Waals surface area contributed by atoms with Crippen molar-refractivity contribution in [2.24, 2.45) is 0 Å². The minimum Gasteiger partial charge on any atom is -0.285 e. The van der Waals surface area contributed by atoms with Gasteiger partial charge >= 0.3 is 0 Å². The number of hydrogen-bond acceptors (Lipinski definition) is 2. The Balaban J connectivity index is 2.75. The molecule has 0 spiro atoms. The number of nitrogens with zero attached hydrogens (tertiary/aromatic N) is 3. The second-order valence-electron chi connectivity index (χ2n) is 2.55. The molecular formula is C8H8BrN3. The first kappa shape index (κ1) is 7.73. The maximum atomic E-state index is 4.05. The first-order valence-electron chi connectivity index (χ1n) is 3.80. The molecule has 2 aromatic rings. The molecule has 3 nitrogen and oxygen atoms in total. The lowest BCUT2D eigenvalue weighted by molar-refractivity contribution is 0.908. The minimum atomic E-state index is 0.898. The van der Waals surface area contributed by atoms with Gasteiger partial charge in [-0.25, -0.2) is 0 Å². The highest BCUT2D eigenvalue weighted by Crippen LogP contribution is 2.11. The first-order valence-corrected chi connectivity index (χ1v) is 4.59. The highest BCUT2D eigenvalue weighted by atomic mass is 79.9. The predicted molar refractivity (Wildman–Crippen MR) is 50.1 cm³/mol. The summed E-state index contributed by atoms with van der Waals surface area (Å²) in [6, 6.07) is 3.90. The van der Waals surface area contributed by atoms with Gasteiger partial charge < -0.3 is 0 Å². The number of halogens is 1. The van der Waals surface area contributed by atoms with Gasteiger partial charge in [0.05, 0.1) is 0 Å². The normalized spacial score (nSPS) is 10.8. The Hall–Kier alpha value is -0.900. The smallest absolute Gasteiger partial charge is 0.160 e. The molecule has 0 saturated carbocycles. The molecule has 0 aliphatic heterocycles. The molecule has 0 fully saturated rings. The molecule has 0 atom stereocenters. The van der Waals surface area contributed by atoms with Crippen LogP contribution in [0.15, 0.2) is 22.8 Å². The number of rotatable bonds is 1. The molecule has 12 heavy (non-hydrogen) atoms. The lowest BCUT2D eigenvalue weighted by Crippen LogP contribution is -1.91. The van der Waals surface area contributed by atoms with Crippen LogP contribution in [-0.4, -0.2) is 14.6 Å². The summed E-state index contributed by atoms with van der Waals surface area (Å²) in [6.07, 6.45) is 2.88. The van der Waals surface area contributed by atoms with Crippen molar-refractivity contribution in [1.82, 2.24) is 14.6 Å². The summed E-state index contributed by atoms with van der Waals surface area (Å²) in [6.45, 7) is 2.07. The van der Waals surface area contributed by atoms with Crippen molar-refractivity contribution in [2.45, 2.75) is 13.3 Å². The molecular weight excluding hydrogens is 218 g/mol. The van der Waals surface area contributed by atoms with Crippen LogP contribution in [0.2, 0.25) is 0 Å². The fourth-order valence-electron chi connectivity index (χ4n) is 1.15. The van der Waals surface area contributed by atoms with Crippen molar-refractivity contribution in [3.8, 4) is 0 Å². The summed E-state index contributed by atoms with van der Waals surface area (Å²) >= 11 is 3.40. The maximum absolute atomic E-state index is 4.05. The number of hydrogen-bond donors (Lipinski definition) is 0. The Morgan fingerprint density at radius 1 is 1.42 bits per heavy atom. The van der Waals surface area contributed by atoms with E-state index in [1.807, 2.05) is 22.7 Å². The van der Waals surface area contributed by atoms with Crippen LogP contribution in [0.4, 0.5) is 0 Å². The van der Waals surface area contributed by atoms with Crippen molar-refractivity contribution in [3.63, 3.8) is 0 Å². The van der Waals surface area contributed by atoms with Gasteiger partial charge in [0.15, 0.2) is 5.65 Å². The number of fused-ring (bicyclic) bond motifs is 1. The van der Waals surface area contributed by atoms with Gasteiger partial charge in [0.2, 0.25) is 0 Å².